The van der Waals surface area contributed by atoms with Crippen LogP contribution in [0.4, 0.5) is 4.79 Å². The topological polar surface area (TPSA) is 40.6 Å². The standard InChI is InChI=1S/C18H24N2O2/c1-5-9-13(2)12-16(21)20-17(14(3)19(4)18(20)22)15-10-7-6-8-11-15/h5-8,10-11,13-14,17H,1,9,12H2,2-4H3/t13-,14-,17-/m1/s1. The van der Waals surface area contributed by atoms with Crippen molar-refractivity contribution in [3.05, 3.63) is 48.6 Å². The molecule has 0 unspecified atom stereocenters. The van der Waals surface area contributed by atoms with E-state index in [2.05, 4.69) is 6.58 Å². The van der Waals surface area contributed by atoms with Gasteiger partial charge in [0.05, 0.1) is 12.1 Å². The van der Waals surface area contributed by atoms with E-state index in [0.29, 0.717) is 6.42 Å². The maximum absolute atomic E-state index is 12.7. The van der Waals surface area contributed by atoms with E-state index in [1.807, 2.05) is 50.3 Å². The Morgan fingerprint density at radius 1 is 1.36 bits per heavy atom. The van der Waals surface area contributed by atoms with Crippen LogP contribution in [0, 0.1) is 5.92 Å². The summed E-state index contributed by atoms with van der Waals surface area (Å²) in [6.45, 7) is 7.69. The minimum absolute atomic E-state index is 0.0337. The summed E-state index contributed by atoms with van der Waals surface area (Å²) < 4.78 is 0. The second-order valence-corrected chi connectivity index (χ2v) is 6.09. The Kier molecular flexibility index (Phi) is 5.01. The van der Waals surface area contributed by atoms with Gasteiger partial charge in [0, 0.05) is 13.5 Å². The van der Waals surface area contributed by atoms with Crippen molar-refractivity contribution < 1.29 is 9.59 Å². The molecule has 3 amide bonds. The van der Waals surface area contributed by atoms with Gasteiger partial charge in [0.2, 0.25) is 5.91 Å². The lowest BCUT2D eigenvalue weighted by molar-refractivity contribution is -0.130. The lowest BCUT2D eigenvalue weighted by Gasteiger charge is -2.25. The van der Waals surface area contributed by atoms with Gasteiger partial charge in [-0.05, 0) is 24.8 Å². The third-order valence-corrected chi connectivity index (χ3v) is 4.36. The number of rotatable bonds is 5. The lowest BCUT2D eigenvalue weighted by Crippen LogP contribution is -2.37. The molecule has 2 rings (SSSR count). The molecule has 0 spiro atoms. The fraction of sp³-hybridized carbons (Fsp3) is 0.444. The summed E-state index contributed by atoms with van der Waals surface area (Å²) in [6, 6.07) is 9.30. The van der Waals surface area contributed by atoms with Gasteiger partial charge in [-0.3, -0.25) is 9.69 Å². The van der Waals surface area contributed by atoms with Gasteiger partial charge in [-0.2, -0.15) is 0 Å². The summed E-state index contributed by atoms with van der Waals surface area (Å²) in [5.74, 6) is 0.0832. The number of benzene rings is 1. The van der Waals surface area contributed by atoms with Crippen molar-refractivity contribution in [2.45, 2.75) is 38.8 Å². The first-order valence-corrected chi connectivity index (χ1v) is 7.72. The van der Waals surface area contributed by atoms with Crippen LogP contribution in [-0.4, -0.2) is 34.8 Å². The molecule has 1 saturated heterocycles. The van der Waals surface area contributed by atoms with E-state index >= 15 is 0 Å². The predicted molar refractivity (Wildman–Crippen MR) is 87.2 cm³/mol. The van der Waals surface area contributed by atoms with Crippen LogP contribution in [0.1, 0.15) is 38.3 Å². The average Bonchev–Trinajstić information content (AvgIpc) is 2.72. The van der Waals surface area contributed by atoms with Gasteiger partial charge >= 0.3 is 6.03 Å². The molecule has 22 heavy (non-hydrogen) atoms. The minimum Gasteiger partial charge on any atom is -0.322 e. The number of carbonyl (C=O) groups excluding carboxylic acids is 2. The van der Waals surface area contributed by atoms with Crippen molar-refractivity contribution in [2.24, 2.45) is 5.92 Å². The van der Waals surface area contributed by atoms with Gasteiger partial charge in [-0.1, -0.05) is 43.3 Å². The second kappa shape index (κ2) is 6.77. The van der Waals surface area contributed by atoms with Crippen LogP contribution in [0.25, 0.3) is 0 Å². The van der Waals surface area contributed by atoms with Crippen molar-refractivity contribution in [2.75, 3.05) is 7.05 Å². The van der Waals surface area contributed by atoms with Crippen LogP contribution in [0.5, 0.6) is 0 Å². The quantitative estimate of drug-likeness (QED) is 0.779. The van der Waals surface area contributed by atoms with E-state index in [9.17, 15) is 9.59 Å². The molecule has 1 aromatic carbocycles. The number of carbonyl (C=O) groups is 2. The molecule has 4 heteroatoms. The first kappa shape index (κ1) is 16.3. The number of allylic oxidation sites excluding steroid dienone is 1. The number of urea groups is 1. The lowest BCUT2D eigenvalue weighted by atomic mass is 9.98. The summed E-state index contributed by atoms with van der Waals surface area (Å²) in [4.78, 5) is 28.2. The number of imide groups is 1. The zero-order valence-corrected chi connectivity index (χ0v) is 13.5. The Hall–Kier alpha value is -2.10. The van der Waals surface area contributed by atoms with Gasteiger partial charge in [-0.15, -0.1) is 6.58 Å². The number of hydrogen-bond donors (Lipinski definition) is 0. The fourth-order valence-corrected chi connectivity index (χ4v) is 2.99. The third kappa shape index (κ3) is 3.06. The van der Waals surface area contributed by atoms with Crippen molar-refractivity contribution >= 4 is 11.9 Å². The molecule has 0 bridgehead atoms. The highest BCUT2D eigenvalue weighted by Crippen LogP contribution is 2.35. The number of hydrogen-bond acceptors (Lipinski definition) is 2. The summed E-state index contributed by atoms with van der Waals surface area (Å²) in [5.41, 5.74) is 0.998. The minimum atomic E-state index is -0.220. The highest BCUT2D eigenvalue weighted by atomic mass is 16.2. The van der Waals surface area contributed by atoms with Crippen LogP contribution < -0.4 is 0 Å². The van der Waals surface area contributed by atoms with Gasteiger partial charge < -0.3 is 4.90 Å². The number of amides is 3. The van der Waals surface area contributed by atoms with E-state index in [-0.39, 0.29) is 29.9 Å². The van der Waals surface area contributed by atoms with Crippen LogP contribution in [0.15, 0.2) is 43.0 Å². The zero-order chi connectivity index (χ0) is 16.3. The average molecular weight is 300 g/mol. The fourth-order valence-electron chi connectivity index (χ4n) is 2.99. The Balaban J connectivity index is 2.27. The maximum atomic E-state index is 12.7. The van der Waals surface area contributed by atoms with Crippen LogP contribution in [0.2, 0.25) is 0 Å². The summed E-state index contributed by atoms with van der Waals surface area (Å²) in [6.07, 6.45) is 2.95. The van der Waals surface area contributed by atoms with Crippen molar-refractivity contribution in [3.8, 4) is 0 Å². The normalized spacial score (nSPS) is 22.8. The van der Waals surface area contributed by atoms with Gasteiger partial charge in [0.15, 0.2) is 0 Å². The molecule has 0 radical (unpaired) electrons. The van der Waals surface area contributed by atoms with Gasteiger partial charge in [-0.25, -0.2) is 4.79 Å². The zero-order valence-electron chi connectivity index (χ0n) is 13.5. The van der Waals surface area contributed by atoms with E-state index in [1.54, 1.807) is 11.9 Å². The monoisotopic (exact) mass is 300 g/mol. The molecule has 118 valence electrons. The summed E-state index contributed by atoms with van der Waals surface area (Å²) >= 11 is 0. The molecule has 1 fully saturated rings. The van der Waals surface area contributed by atoms with Crippen molar-refractivity contribution in [1.29, 1.82) is 0 Å². The third-order valence-electron chi connectivity index (χ3n) is 4.36. The highest BCUT2D eigenvalue weighted by molar-refractivity contribution is 5.97. The van der Waals surface area contributed by atoms with Crippen molar-refractivity contribution in [3.63, 3.8) is 0 Å². The molecule has 0 aliphatic carbocycles. The first-order chi connectivity index (χ1) is 10.5. The molecule has 1 aliphatic rings. The molecule has 0 N–H and O–H groups in total. The maximum Gasteiger partial charge on any atom is 0.327 e. The Bertz CT molecular complexity index is 555. The predicted octanol–water partition coefficient (Wildman–Crippen LogP) is 3.61. The highest BCUT2D eigenvalue weighted by Gasteiger charge is 2.45. The first-order valence-electron chi connectivity index (χ1n) is 7.72. The molecule has 1 heterocycles. The SMILES string of the molecule is C=CC[C@@H](C)CC(=O)N1C(=O)N(C)[C@H](C)[C@@H]1c1ccccc1. The molecule has 3 atom stereocenters. The summed E-state index contributed by atoms with van der Waals surface area (Å²) in [7, 11) is 1.75. The molecule has 0 aromatic heterocycles. The van der Waals surface area contributed by atoms with Crippen LogP contribution in [-0.2, 0) is 4.79 Å². The molecule has 1 aliphatic heterocycles. The molecular weight excluding hydrogens is 276 g/mol. The Morgan fingerprint density at radius 3 is 2.59 bits per heavy atom. The molecular formula is C18H24N2O2. The largest absolute Gasteiger partial charge is 0.327 e. The van der Waals surface area contributed by atoms with Crippen molar-refractivity contribution in [1.82, 2.24) is 9.80 Å². The number of likely N-dealkylation sites (N-methyl/N-ethyl adjacent to an activating group) is 1. The number of nitrogens with zero attached hydrogens (tertiary/aromatic N) is 2. The van der Waals surface area contributed by atoms with Crippen LogP contribution >= 0.6 is 0 Å². The molecule has 0 saturated carbocycles. The van der Waals surface area contributed by atoms with E-state index in [0.717, 1.165) is 12.0 Å². The van der Waals surface area contributed by atoms with Crippen LogP contribution in [0.3, 0.4) is 0 Å². The van der Waals surface area contributed by atoms with Gasteiger partial charge in [0.25, 0.3) is 0 Å². The summed E-state index contributed by atoms with van der Waals surface area (Å²) in [5, 5.41) is 0. The smallest absolute Gasteiger partial charge is 0.322 e. The molecule has 1 aromatic rings. The van der Waals surface area contributed by atoms with Gasteiger partial charge in [0.1, 0.15) is 0 Å². The molecule has 4 nitrogen and oxygen atoms in total. The Morgan fingerprint density at radius 2 is 2.00 bits per heavy atom. The van der Waals surface area contributed by atoms with E-state index in [1.165, 1.54) is 4.90 Å². The Labute approximate surface area is 132 Å². The second-order valence-electron chi connectivity index (χ2n) is 6.09. The van der Waals surface area contributed by atoms with E-state index < -0.39 is 0 Å². The van der Waals surface area contributed by atoms with E-state index in [4.69, 9.17) is 0 Å².